The van der Waals surface area contributed by atoms with Gasteiger partial charge in [0.2, 0.25) is 10.0 Å². The number of nitrogens with zero attached hydrogens (tertiary/aromatic N) is 1. The first-order valence-corrected chi connectivity index (χ1v) is 8.63. The summed E-state index contributed by atoms with van der Waals surface area (Å²) >= 11 is 4.43. The molecule has 1 aromatic heterocycles. The average molecular weight is 389 g/mol. The molecular weight excluding hydrogens is 380 g/mol. The van der Waals surface area contributed by atoms with Crippen molar-refractivity contribution in [2.75, 3.05) is 0 Å². The van der Waals surface area contributed by atoms with Gasteiger partial charge in [-0.1, -0.05) is 11.8 Å². The quantitative estimate of drug-likeness (QED) is 0.831. The van der Waals surface area contributed by atoms with Gasteiger partial charge >= 0.3 is 5.97 Å². The SMILES string of the molecule is NS(=O)(=O)c1ccc(Sc2ncccc2Br)c(C(=O)O)c1. The number of aromatic carboxylic acids is 1. The van der Waals surface area contributed by atoms with Crippen molar-refractivity contribution in [2.45, 2.75) is 14.8 Å². The molecule has 0 radical (unpaired) electrons. The first-order chi connectivity index (χ1) is 9.79. The molecule has 0 atom stereocenters. The number of hydrogen-bond acceptors (Lipinski definition) is 5. The largest absolute Gasteiger partial charge is 0.478 e. The van der Waals surface area contributed by atoms with Crippen molar-refractivity contribution in [1.29, 1.82) is 0 Å². The Morgan fingerprint density at radius 1 is 1.33 bits per heavy atom. The van der Waals surface area contributed by atoms with Gasteiger partial charge in [-0.3, -0.25) is 0 Å². The van der Waals surface area contributed by atoms with Gasteiger partial charge in [0.05, 0.1) is 14.9 Å². The Labute approximate surface area is 133 Å². The second kappa shape index (κ2) is 6.14. The number of aromatic nitrogens is 1. The topological polar surface area (TPSA) is 110 Å². The summed E-state index contributed by atoms with van der Waals surface area (Å²) in [6.07, 6.45) is 1.58. The summed E-state index contributed by atoms with van der Waals surface area (Å²) in [6.45, 7) is 0. The molecule has 9 heteroatoms. The zero-order valence-electron chi connectivity index (χ0n) is 10.4. The minimum Gasteiger partial charge on any atom is -0.478 e. The molecule has 0 amide bonds. The Balaban J connectivity index is 2.50. The molecule has 2 rings (SSSR count). The maximum absolute atomic E-state index is 11.3. The Morgan fingerprint density at radius 2 is 2.05 bits per heavy atom. The van der Waals surface area contributed by atoms with Crippen molar-refractivity contribution in [1.82, 2.24) is 4.98 Å². The number of carboxylic acids is 1. The highest BCUT2D eigenvalue weighted by Gasteiger charge is 2.17. The van der Waals surface area contributed by atoms with Crippen molar-refractivity contribution in [2.24, 2.45) is 5.14 Å². The lowest BCUT2D eigenvalue weighted by atomic mass is 10.2. The fourth-order valence-corrected chi connectivity index (χ4v) is 3.41. The molecule has 6 nitrogen and oxygen atoms in total. The number of carbonyl (C=O) groups is 1. The third-order valence-corrected chi connectivity index (χ3v) is 5.35. The van der Waals surface area contributed by atoms with Crippen LogP contribution in [0.3, 0.4) is 0 Å². The van der Waals surface area contributed by atoms with Crippen molar-refractivity contribution >= 4 is 43.7 Å². The maximum Gasteiger partial charge on any atom is 0.336 e. The number of benzene rings is 1. The van der Waals surface area contributed by atoms with Crippen molar-refractivity contribution in [3.63, 3.8) is 0 Å². The minimum absolute atomic E-state index is 0.149. The summed E-state index contributed by atoms with van der Waals surface area (Å²) in [5.74, 6) is -1.24. The monoisotopic (exact) mass is 388 g/mol. The zero-order chi connectivity index (χ0) is 15.6. The molecule has 1 heterocycles. The fraction of sp³-hybridized carbons (Fsp3) is 0. The smallest absolute Gasteiger partial charge is 0.336 e. The second-order valence-electron chi connectivity index (χ2n) is 3.90. The van der Waals surface area contributed by atoms with Gasteiger partial charge in [-0.15, -0.1) is 0 Å². The van der Waals surface area contributed by atoms with E-state index in [1.54, 1.807) is 18.3 Å². The molecule has 0 bridgehead atoms. The summed E-state index contributed by atoms with van der Waals surface area (Å²) in [4.78, 5) is 15.5. The summed E-state index contributed by atoms with van der Waals surface area (Å²) < 4.78 is 23.3. The number of nitrogens with two attached hydrogens (primary N) is 1. The van der Waals surface area contributed by atoms with E-state index in [9.17, 15) is 18.3 Å². The van der Waals surface area contributed by atoms with Gasteiger partial charge in [0.1, 0.15) is 5.03 Å². The molecule has 0 fully saturated rings. The predicted octanol–water partition coefficient (Wildman–Crippen LogP) is 2.34. The predicted molar refractivity (Wildman–Crippen MR) is 80.8 cm³/mol. The van der Waals surface area contributed by atoms with Crippen LogP contribution in [0, 0.1) is 0 Å². The van der Waals surface area contributed by atoms with Gasteiger partial charge in [-0.05, 0) is 46.3 Å². The highest BCUT2D eigenvalue weighted by molar-refractivity contribution is 9.10. The van der Waals surface area contributed by atoms with E-state index in [0.29, 0.717) is 14.4 Å². The normalized spacial score (nSPS) is 11.3. The standard InChI is InChI=1S/C12H9BrN2O4S2/c13-9-2-1-5-15-11(9)20-10-4-3-7(21(14,18)19)6-8(10)12(16)17/h1-6H,(H,16,17)(H2,14,18,19). The Hall–Kier alpha value is -1.42. The first-order valence-electron chi connectivity index (χ1n) is 5.47. The van der Waals surface area contributed by atoms with Crippen molar-refractivity contribution in [3.8, 4) is 0 Å². The molecule has 0 aliphatic heterocycles. The number of carboxylic acid groups (broad SMARTS) is 1. The Morgan fingerprint density at radius 3 is 2.62 bits per heavy atom. The van der Waals surface area contributed by atoms with E-state index >= 15 is 0 Å². The van der Waals surface area contributed by atoms with Crippen molar-refractivity contribution < 1.29 is 18.3 Å². The lowest BCUT2D eigenvalue weighted by Crippen LogP contribution is -2.13. The van der Waals surface area contributed by atoms with Crippen LogP contribution < -0.4 is 5.14 Å². The van der Waals surface area contributed by atoms with Gasteiger partial charge in [0.25, 0.3) is 0 Å². The molecule has 110 valence electrons. The number of rotatable bonds is 4. The third kappa shape index (κ3) is 3.82. The van der Waals surface area contributed by atoms with Crippen LogP contribution in [0.5, 0.6) is 0 Å². The highest BCUT2D eigenvalue weighted by Crippen LogP contribution is 2.34. The van der Waals surface area contributed by atoms with Crippen molar-refractivity contribution in [3.05, 3.63) is 46.6 Å². The molecule has 0 aliphatic carbocycles. The molecule has 21 heavy (non-hydrogen) atoms. The number of primary sulfonamides is 1. The fourth-order valence-electron chi connectivity index (χ4n) is 1.49. The molecule has 0 saturated heterocycles. The van der Waals surface area contributed by atoms with Gasteiger partial charge in [-0.2, -0.15) is 0 Å². The highest BCUT2D eigenvalue weighted by atomic mass is 79.9. The van der Waals surface area contributed by atoms with E-state index in [2.05, 4.69) is 20.9 Å². The minimum atomic E-state index is -3.95. The second-order valence-corrected chi connectivity index (χ2v) is 7.35. The van der Waals surface area contributed by atoms with Gasteiger partial charge in [-0.25, -0.2) is 23.3 Å². The van der Waals surface area contributed by atoms with E-state index in [4.69, 9.17) is 5.14 Å². The van der Waals surface area contributed by atoms with Crippen LogP contribution in [0.1, 0.15) is 10.4 Å². The van der Waals surface area contributed by atoms with Gasteiger partial charge < -0.3 is 5.11 Å². The average Bonchev–Trinajstić information content (AvgIpc) is 2.40. The molecule has 1 aromatic carbocycles. The number of hydrogen-bond donors (Lipinski definition) is 2. The van der Waals surface area contributed by atoms with E-state index in [1.165, 1.54) is 12.1 Å². The van der Waals surface area contributed by atoms with Crippen LogP contribution in [-0.2, 0) is 10.0 Å². The molecule has 3 N–H and O–H groups in total. The molecule has 0 saturated carbocycles. The third-order valence-electron chi connectivity index (χ3n) is 2.44. The summed E-state index contributed by atoms with van der Waals surface area (Å²) in [5.41, 5.74) is -0.149. The number of sulfonamides is 1. The van der Waals surface area contributed by atoms with E-state index < -0.39 is 16.0 Å². The number of halogens is 1. The van der Waals surface area contributed by atoms with Crippen LogP contribution >= 0.6 is 27.7 Å². The number of pyridine rings is 1. The van der Waals surface area contributed by atoms with Crippen LogP contribution in [0.4, 0.5) is 0 Å². The maximum atomic E-state index is 11.3. The van der Waals surface area contributed by atoms with Crippen LogP contribution in [0.25, 0.3) is 0 Å². The zero-order valence-corrected chi connectivity index (χ0v) is 13.6. The van der Waals surface area contributed by atoms with Gasteiger partial charge in [0, 0.05) is 11.1 Å². The van der Waals surface area contributed by atoms with Crippen LogP contribution in [-0.4, -0.2) is 24.5 Å². The molecule has 2 aromatic rings. The van der Waals surface area contributed by atoms with Crippen LogP contribution in [0.2, 0.25) is 0 Å². The molecule has 0 aliphatic rings. The first kappa shape index (κ1) is 16.0. The summed E-state index contributed by atoms with van der Waals surface area (Å²) in [5, 5.41) is 14.8. The lowest BCUT2D eigenvalue weighted by Gasteiger charge is -2.08. The Kier molecular flexibility index (Phi) is 4.67. The lowest BCUT2D eigenvalue weighted by molar-refractivity contribution is 0.0693. The summed E-state index contributed by atoms with van der Waals surface area (Å²) in [6, 6.07) is 7.21. The van der Waals surface area contributed by atoms with Crippen LogP contribution in [0.15, 0.2) is 55.8 Å². The summed E-state index contributed by atoms with van der Waals surface area (Å²) in [7, 11) is -3.95. The van der Waals surface area contributed by atoms with E-state index in [1.807, 2.05) is 0 Å². The van der Waals surface area contributed by atoms with E-state index in [-0.39, 0.29) is 10.5 Å². The molecule has 0 spiro atoms. The molecule has 0 unspecified atom stereocenters. The van der Waals surface area contributed by atoms with Gasteiger partial charge in [0.15, 0.2) is 0 Å². The Bertz CT molecular complexity index is 809. The molecular formula is C12H9BrN2O4S2. The van der Waals surface area contributed by atoms with E-state index in [0.717, 1.165) is 17.8 Å².